The van der Waals surface area contributed by atoms with Crippen molar-refractivity contribution < 1.29 is 13.2 Å². The number of hydrogen-bond acceptors (Lipinski definition) is 3. The molecule has 1 aliphatic rings. The van der Waals surface area contributed by atoms with Crippen LogP contribution in [0.2, 0.25) is 0 Å². The van der Waals surface area contributed by atoms with Crippen LogP contribution in [0.3, 0.4) is 0 Å². The van der Waals surface area contributed by atoms with Crippen LogP contribution in [0.15, 0.2) is 24.3 Å². The Kier molecular flexibility index (Phi) is 10.1. The zero-order valence-electron chi connectivity index (χ0n) is 16.3. The van der Waals surface area contributed by atoms with Crippen molar-refractivity contribution in [1.29, 1.82) is 0 Å². The molecule has 1 atom stereocenters. The summed E-state index contributed by atoms with van der Waals surface area (Å²) in [4.78, 5) is 0. The van der Waals surface area contributed by atoms with Crippen LogP contribution in [0.5, 0.6) is 5.75 Å². The molecule has 1 heterocycles. The minimum atomic E-state index is -3.11. The van der Waals surface area contributed by atoms with Crippen LogP contribution in [0, 0.1) is 5.92 Å². The van der Waals surface area contributed by atoms with E-state index in [0.717, 1.165) is 25.2 Å². The molecule has 0 spiro atoms. The maximum absolute atomic E-state index is 12.0. The third kappa shape index (κ3) is 7.78. The van der Waals surface area contributed by atoms with E-state index in [1.807, 2.05) is 39.0 Å². The molecule has 0 radical (unpaired) electrons. The number of unbranched alkanes of at least 4 members (excludes halogenated alkanes) is 4. The largest absolute Gasteiger partial charge is 0.488 e. The number of rotatable bonds is 10. The summed E-state index contributed by atoms with van der Waals surface area (Å²) in [7, 11) is -3.11. The van der Waals surface area contributed by atoms with Gasteiger partial charge in [-0.05, 0) is 24.8 Å². The summed E-state index contributed by atoms with van der Waals surface area (Å²) in [6, 6.07) is 8.08. The molecule has 1 aliphatic heterocycles. The van der Waals surface area contributed by atoms with Crippen molar-refractivity contribution in [3.8, 4) is 5.75 Å². The number of fused-ring (bicyclic) bond motifs is 1. The molecular weight excluding hydrogens is 334 g/mol. The molecular formula is C20H35NO3S. The van der Waals surface area contributed by atoms with E-state index in [1.54, 1.807) is 0 Å². The third-order valence-corrected chi connectivity index (χ3v) is 6.77. The molecule has 0 bridgehead atoms. The van der Waals surface area contributed by atoms with E-state index >= 15 is 0 Å². The lowest BCUT2D eigenvalue weighted by Gasteiger charge is -2.19. The first-order valence-corrected chi connectivity index (χ1v) is 11.2. The maximum Gasteiger partial charge on any atom is 0.214 e. The first-order valence-electron chi connectivity index (χ1n) is 9.61. The van der Waals surface area contributed by atoms with E-state index in [4.69, 9.17) is 4.74 Å². The summed E-state index contributed by atoms with van der Waals surface area (Å²) in [5.74, 6) is 1.23. The van der Waals surface area contributed by atoms with E-state index in [0.29, 0.717) is 13.0 Å². The summed E-state index contributed by atoms with van der Waals surface area (Å²) in [6.07, 6.45) is 6.43. The minimum Gasteiger partial charge on any atom is -0.488 e. The highest BCUT2D eigenvalue weighted by Gasteiger charge is 2.25. The molecule has 1 aromatic rings. The smallest absolute Gasteiger partial charge is 0.214 e. The van der Waals surface area contributed by atoms with Gasteiger partial charge in [0.1, 0.15) is 12.4 Å². The van der Waals surface area contributed by atoms with Gasteiger partial charge in [0.05, 0.1) is 5.25 Å². The molecule has 1 aromatic carbocycles. The molecule has 1 unspecified atom stereocenters. The molecule has 0 fully saturated rings. The predicted octanol–water partition coefficient (Wildman–Crippen LogP) is 4.89. The van der Waals surface area contributed by atoms with Crippen LogP contribution in [-0.2, 0) is 16.6 Å². The predicted molar refractivity (Wildman–Crippen MR) is 105 cm³/mol. The molecule has 5 heteroatoms. The molecule has 25 heavy (non-hydrogen) atoms. The summed E-state index contributed by atoms with van der Waals surface area (Å²) < 4.78 is 31.8. The zero-order chi connectivity index (χ0) is 18.7. The second-order valence-electron chi connectivity index (χ2n) is 6.94. The van der Waals surface area contributed by atoms with Gasteiger partial charge in [0.2, 0.25) is 10.0 Å². The Balaban J connectivity index is 0.000000316. The lowest BCUT2D eigenvalue weighted by atomic mass is 10.1. The molecule has 0 aliphatic carbocycles. The fraction of sp³-hybridized carbons (Fsp3) is 0.700. The number of ether oxygens (including phenoxy) is 1. The van der Waals surface area contributed by atoms with Gasteiger partial charge in [-0.25, -0.2) is 13.1 Å². The molecule has 0 amide bonds. The number of hydrogen-bond donors (Lipinski definition) is 1. The van der Waals surface area contributed by atoms with Gasteiger partial charge in [-0.3, -0.25) is 0 Å². The third-order valence-electron chi connectivity index (χ3n) is 4.48. The Morgan fingerprint density at radius 1 is 1.08 bits per heavy atom. The fourth-order valence-electron chi connectivity index (χ4n) is 2.94. The minimum absolute atomic E-state index is 0.178. The average Bonchev–Trinajstić information content (AvgIpc) is 2.52. The van der Waals surface area contributed by atoms with Crippen LogP contribution < -0.4 is 9.46 Å². The first-order chi connectivity index (χ1) is 11.9. The molecule has 1 N–H and O–H groups in total. The lowest BCUT2D eigenvalue weighted by Crippen LogP contribution is -2.37. The Bertz CT molecular complexity index is 561. The van der Waals surface area contributed by atoms with Gasteiger partial charge in [0.25, 0.3) is 0 Å². The van der Waals surface area contributed by atoms with E-state index in [-0.39, 0.29) is 11.2 Å². The van der Waals surface area contributed by atoms with E-state index < -0.39 is 10.0 Å². The Hall–Kier alpha value is -1.07. The van der Waals surface area contributed by atoms with Crippen molar-refractivity contribution in [2.45, 2.75) is 78.1 Å². The number of benzene rings is 1. The van der Waals surface area contributed by atoms with Gasteiger partial charge in [-0.15, -0.1) is 0 Å². The molecule has 2 rings (SSSR count). The molecule has 0 aromatic heterocycles. The van der Waals surface area contributed by atoms with Crippen molar-refractivity contribution in [3.05, 3.63) is 29.8 Å². The Labute approximate surface area is 154 Å². The average molecular weight is 370 g/mol. The van der Waals surface area contributed by atoms with Crippen LogP contribution in [0.25, 0.3) is 0 Å². The highest BCUT2D eigenvalue weighted by atomic mass is 32.2. The molecule has 144 valence electrons. The second kappa shape index (κ2) is 11.5. The summed E-state index contributed by atoms with van der Waals surface area (Å²) in [6.45, 7) is 9.44. The molecule has 0 saturated carbocycles. The second-order valence-corrected chi connectivity index (χ2v) is 8.92. The van der Waals surface area contributed by atoms with Gasteiger partial charge < -0.3 is 4.74 Å². The standard InChI is InChI=1S/C13H29NO2S.C7H6O/c1-5-7-8-9-10-11-14-17(15,16)13(6-2)12(3)4;1-2-4-7-6(3-1)5-8-7/h12-14H,5-11H2,1-4H3;1-4H,5H2. The van der Waals surface area contributed by atoms with Gasteiger partial charge in [0.15, 0.2) is 0 Å². The Morgan fingerprint density at radius 3 is 2.20 bits per heavy atom. The lowest BCUT2D eigenvalue weighted by molar-refractivity contribution is 0.243. The normalized spacial score (nSPS) is 14.0. The number of para-hydroxylation sites is 1. The zero-order valence-corrected chi connectivity index (χ0v) is 17.1. The van der Waals surface area contributed by atoms with Crippen molar-refractivity contribution >= 4 is 10.0 Å². The maximum atomic E-state index is 12.0. The van der Waals surface area contributed by atoms with Crippen molar-refractivity contribution in [3.63, 3.8) is 0 Å². The number of nitrogens with one attached hydrogen (secondary N) is 1. The van der Waals surface area contributed by atoms with Crippen LogP contribution in [0.4, 0.5) is 0 Å². The summed E-state index contributed by atoms with van der Waals surface area (Å²) in [5.41, 5.74) is 1.33. The SMILES string of the molecule is CCCCCCCNS(=O)(=O)C(CC)C(C)C.c1ccc2c(c1)CO2. The van der Waals surface area contributed by atoms with Crippen LogP contribution in [-0.4, -0.2) is 20.2 Å². The summed E-state index contributed by atoms with van der Waals surface area (Å²) in [5, 5.41) is -0.252. The van der Waals surface area contributed by atoms with Crippen molar-refractivity contribution in [2.75, 3.05) is 6.54 Å². The van der Waals surface area contributed by atoms with Crippen molar-refractivity contribution in [1.82, 2.24) is 4.72 Å². The highest BCUT2D eigenvalue weighted by molar-refractivity contribution is 7.90. The van der Waals surface area contributed by atoms with Crippen LogP contribution >= 0.6 is 0 Å². The van der Waals surface area contributed by atoms with Gasteiger partial charge in [-0.2, -0.15) is 0 Å². The van der Waals surface area contributed by atoms with Gasteiger partial charge in [0, 0.05) is 12.1 Å². The monoisotopic (exact) mass is 369 g/mol. The topological polar surface area (TPSA) is 55.4 Å². The molecule has 0 saturated heterocycles. The van der Waals surface area contributed by atoms with Gasteiger partial charge >= 0.3 is 0 Å². The van der Waals surface area contributed by atoms with Gasteiger partial charge in [-0.1, -0.05) is 71.6 Å². The highest BCUT2D eigenvalue weighted by Crippen LogP contribution is 2.27. The van der Waals surface area contributed by atoms with Crippen molar-refractivity contribution in [2.24, 2.45) is 5.92 Å². The quantitative estimate of drug-likeness (QED) is 0.597. The Morgan fingerprint density at radius 2 is 1.76 bits per heavy atom. The van der Waals surface area contributed by atoms with Crippen LogP contribution in [0.1, 0.15) is 71.8 Å². The van der Waals surface area contributed by atoms with E-state index in [2.05, 4.69) is 17.7 Å². The number of sulfonamides is 1. The first kappa shape index (κ1) is 22.0. The van der Waals surface area contributed by atoms with E-state index in [1.165, 1.54) is 24.8 Å². The summed E-state index contributed by atoms with van der Waals surface area (Å²) >= 11 is 0. The molecule has 4 nitrogen and oxygen atoms in total. The van der Waals surface area contributed by atoms with E-state index in [9.17, 15) is 8.42 Å². The fourth-order valence-corrected chi connectivity index (χ4v) is 4.74.